The number of rotatable bonds is 4. The third-order valence-corrected chi connectivity index (χ3v) is 3.84. The van der Waals surface area contributed by atoms with Crippen LogP contribution in [0.1, 0.15) is 23.5 Å². The summed E-state index contributed by atoms with van der Waals surface area (Å²) in [6, 6.07) is 0. The van der Waals surface area contributed by atoms with E-state index in [2.05, 4.69) is 21.0 Å². The van der Waals surface area contributed by atoms with Crippen LogP contribution in [0.5, 0.6) is 0 Å². The number of piperidine rings is 1. The molecule has 1 aliphatic heterocycles. The highest BCUT2D eigenvalue weighted by Gasteiger charge is 2.20. The number of hydrogen-bond acceptors (Lipinski definition) is 4. The Balaban J connectivity index is 1.69. The number of nitrogens with zero attached hydrogens (tertiary/aromatic N) is 1. The summed E-state index contributed by atoms with van der Waals surface area (Å²) in [5.74, 6) is 0.338. The minimum Gasteiger partial charge on any atom is -0.355 e. The lowest BCUT2D eigenvalue weighted by Crippen LogP contribution is -2.41. The second kappa shape index (κ2) is 6.12. The average molecular weight is 253 g/mol. The SMILES string of the molecule is Cc1nc(CCNC(=O)C2CCCNC2)cs1. The number of thiazole rings is 1. The fraction of sp³-hybridized carbons (Fsp3) is 0.667. The van der Waals surface area contributed by atoms with Crippen LogP contribution in [0, 0.1) is 12.8 Å². The lowest BCUT2D eigenvalue weighted by molar-refractivity contribution is -0.125. The van der Waals surface area contributed by atoms with E-state index in [4.69, 9.17) is 0 Å². The molecule has 5 heteroatoms. The van der Waals surface area contributed by atoms with E-state index in [-0.39, 0.29) is 11.8 Å². The number of hydrogen-bond donors (Lipinski definition) is 2. The van der Waals surface area contributed by atoms with Crippen molar-refractivity contribution in [3.05, 3.63) is 16.1 Å². The monoisotopic (exact) mass is 253 g/mol. The van der Waals surface area contributed by atoms with Crippen molar-refractivity contribution in [2.24, 2.45) is 5.92 Å². The molecule has 1 unspecified atom stereocenters. The summed E-state index contributed by atoms with van der Waals surface area (Å²) in [4.78, 5) is 16.2. The van der Waals surface area contributed by atoms with Crippen LogP contribution in [0.3, 0.4) is 0 Å². The maximum Gasteiger partial charge on any atom is 0.224 e. The Kier molecular flexibility index (Phi) is 4.50. The van der Waals surface area contributed by atoms with Gasteiger partial charge in [-0.2, -0.15) is 0 Å². The highest BCUT2D eigenvalue weighted by molar-refractivity contribution is 7.09. The van der Waals surface area contributed by atoms with E-state index >= 15 is 0 Å². The van der Waals surface area contributed by atoms with E-state index in [1.54, 1.807) is 11.3 Å². The zero-order valence-electron chi connectivity index (χ0n) is 10.2. The first-order chi connectivity index (χ1) is 8.25. The van der Waals surface area contributed by atoms with E-state index in [0.29, 0.717) is 6.54 Å². The molecule has 0 aromatic carbocycles. The summed E-state index contributed by atoms with van der Waals surface area (Å²) >= 11 is 1.66. The highest BCUT2D eigenvalue weighted by Crippen LogP contribution is 2.10. The zero-order valence-corrected chi connectivity index (χ0v) is 11.0. The van der Waals surface area contributed by atoms with Crippen molar-refractivity contribution in [2.45, 2.75) is 26.2 Å². The number of amides is 1. The summed E-state index contributed by atoms with van der Waals surface area (Å²) in [7, 11) is 0. The first-order valence-corrected chi connectivity index (χ1v) is 7.03. The summed E-state index contributed by atoms with van der Waals surface area (Å²) < 4.78 is 0. The third kappa shape index (κ3) is 3.78. The number of aromatic nitrogens is 1. The molecule has 0 radical (unpaired) electrons. The molecule has 1 aromatic heterocycles. The summed E-state index contributed by atoms with van der Waals surface area (Å²) in [6.07, 6.45) is 2.94. The topological polar surface area (TPSA) is 54.0 Å². The molecule has 0 spiro atoms. The van der Waals surface area contributed by atoms with E-state index < -0.39 is 0 Å². The first kappa shape index (κ1) is 12.5. The number of carbonyl (C=O) groups excluding carboxylic acids is 1. The molecule has 0 saturated carbocycles. The number of aryl methyl sites for hydroxylation is 1. The standard InChI is InChI=1S/C12H19N3OS/c1-9-15-11(8-17-9)4-6-14-12(16)10-3-2-5-13-7-10/h8,10,13H,2-7H2,1H3,(H,14,16). The van der Waals surface area contributed by atoms with Crippen LogP contribution < -0.4 is 10.6 Å². The smallest absolute Gasteiger partial charge is 0.224 e. The molecule has 0 aliphatic carbocycles. The normalized spacial score (nSPS) is 20.2. The van der Waals surface area contributed by atoms with Gasteiger partial charge in [-0.05, 0) is 26.3 Å². The lowest BCUT2D eigenvalue weighted by atomic mass is 9.99. The van der Waals surface area contributed by atoms with Crippen LogP contribution in [-0.4, -0.2) is 30.5 Å². The van der Waals surface area contributed by atoms with Gasteiger partial charge in [-0.15, -0.1) is 11.3 Å². The number of nitrogens with one attached hydrogen (secondary N) is 2. The maximum absolute atomic E-state index is 11.8. The van der Waals surface area contributed by atoms with Crippen LogP contribution in [0.2, 0.25) is 0 Å². The molecule has 1 aliphatic rings. The molecular weight excluding hydrogens is 234 g/mol. The van der Waals surface area contributed by atoms with Gasteiger partial charge >= 0.3 is 0 Å². The van der Waals surface area contributed by atoms with Crippen molar-refractivity contribution in [3.8, 4) is 0 Å². The van der Waals surface area contributed by atoms with Crippen molar-refractivity contribution in [2.75, 3.05) is 19.6 Å². The van der Waals surface area contributed by atoms with Crippen molar-refractivity contribution >= 4 is 17.2 Å². The van der Waals surface area contributed by atoms with Crippen molar-refractivity contribution < 1.29 is 4.79 Å². The van der Waals surface area contributed by atoms with Crippen LogP contribution in [0.25, 0.3) is 0 Å². The van der Waals surface area contributed by atoms with Gasteiger partial charge in [0.1, 0.15) is 0 Å². The van der Waals surface area contributed by atoms with E-state index in [1.807, 2.05) is 6.92 Å². The molecule has 2 rings (SSSR count). The molecular formula is C12H19N3OS. The fourth-order valence-electron chi connectivity index (χ4n) is 2.06. The van der Waals surface area contributed by atoms with E-state index in [9.17, 15) is 4.79 Å². The lowest BCUT2D eigenvalue weighted by Gasteiger charge is -2.21. The Bertz CT molecular complexity index is 372. The van der Waals surface area contributed by atoms with Gasteiger partial charge in [-0.3, -0.25) is 4.79 Å². The van der Waals surface area contributed by atoms with Crippen LogP contribution in [0.15, 0.2) is 5.38 Å². The van der Waals surface area contributed by atoms with Crippen LogP contribution in [0.4, 0.5) is 0 Å². The molecule has 17 heavy (non-hydrogen) atoms. The molecule has 2 N–H and O–H groups in total. The van der Waals surface area contributed by atoms with Crippen molar-refractivity contribution in [1.29, 1.82) is 0 Å². The fourth-order valence-corrected chi connectivity index (χ4v) is 2.70. The van der Waals surface area contributed by atoms with E-state index in [0.717, 1.165) is 43.1 Å². The van der Waals surface area contributed by atoms with Gasteiger partial charge in [0.2, 0.25) is 5.91 Å². The van der Waals surface area contributed by atoms with Gasteiger partial charge in [0.15, 0.2) is 0 Å². The molecule has 94 valence electrons. The summed E-state index contributed by atoms with van der Waals surface area (Å²) in [5, 5.41) is 9.40. The van der Waals surface area contributed by atoms with Gasteiger partial charge in [-0.25, -0.2) is 4.98 Å². The molecule has 2 heterocycles. The average Bonchev–Trinajstić information content (AvgIpc) is 2.76. The van der Waals surface area contributed by atoms with E-state index in [1.165, 1.54) is 0 Å². The molecule has 1 amide bonds. The van der Waals surface area contributed by atoms with Crippen LogP contribution >= 0.6 is 11.3 Å². The van der Waals surface area contributed by atoms with Gasteiger partial charge in [0.05, 0.1) is 16.6 Å². The quantitative estimate of drug-likeness (QED) is 0.845. The molecule has 1 atom stereocenters. The van der Waals surface area contributed by atoms with Crippen LogP contribution in [-0.2, 0) is 11.2 Å². The zero-order chi connectivity index (χ0) is 12.1. The molecule has 1 fully saturated rings. The largest absolute Gasteiger partial charge is 0.355 e. The minimum absolute atomic E-state index is 0.154. The van der Waals surface area contributed by atoms with Gasteiger partial charge in [0, 0.05) is 24.9 Å². The summed E-state index contributed by atoms with van der Waals surface area (Å²) in [6.45, 7) is 4.56. The Hall–Kier alpha value is -0.940. The van der Waals surface area contributed by atoms with Gasteiger partial charge in [0.25, 0.3) is 0 Å². The Morgan fingerprint density at radius 2 is 2.59 bits per heavy atom. The van der Waals surface area contributed by atoms with Gasteiger partial charge in [-0.1, -0.05) is 0 Å². The Morgan fingerprint density at radius 3 is 3.24 bits per heavy atom. The molecule has 4 nitrogen and oxygen atoms in total. The minimum atomic E-state index is 0.154. The van der Waals surface area contributed by atoms with Crippen molar-refractivity contribution in [3.63, 3.8) is 0 Å². The summed E-state index contributed by atoms with van der Waals surface area (Å²) in [5.41, 5.74) is 1.08. The first-order valence-electron chi connectivity index (χ1n) is 6.15. The predicted molar refractivity (Wildman–Crippen MR) is 69.2 cm³/mol. The molecule has 0 bridgehead atoms. The predicted octanol–water partition coefficient (Wildman–Crippen LogP) is 1.11. The molecule has 1 saturated heterocycles. The molecule has 1 aromatic rings. The van der Waals surface area contributed by atoms with Gasteiger partial charge < -0.3 is 10.6 Å². The second-order valence-electron chi connectivity index (χ2n) is 4.44. The number of carbonyl (C=O) groups is 1. The van der Waals surface area contributed by atoms with Crippen molar-refractivity contribution in [1.82, 2.24) is 15.6 Å². The third-order valence-electron chi connectivity index (χ3n) is 3.01. The Morgan fingerprint density at radius 1 is 1.71 bits per heavy atom. The maximum atomic E-state index is 11.8. The second-order valence-corrected chi connectivity index (χ2v) is 5.50. The Labute approximate surface area is 106 Å². The highest BCUT2D eigenvalue weighted by atomic mass is 32.1.